The number of hydrogen-bond donors (Lipinski definition) is 2. The first kappa shape index (κ1) is 18.1. The second-order valence-electron chi connectivity index (χ2n) is 6.14. The average Bonchev–Trinajstić information content (AvgIpc) is 2.92. The third-order valence-electron chi connectivity index (χ3n) is 4.09. The summed E-state index contributed by atoms with van der Waals surface area (Å²) < 4.78 is 5.07. The molecule has 6 nitrogen and oxygen atoms in total. The summed E-state index contributed by atoms with van der Waals surface area (Å²) in [6.07, 6.45) is 0. The van der Waals surface area contributed by atoms with Crippen LogP contribution in [-0.2, 0) is 4.74 Å². The number of hydrogen-bond acceptors (Lipinski definition) is 6. The quantitative estimate of drug-likeness (QED) is 0.664. The minimum atomic E-state index is -0.417. The van der Waals surface area contributed by atoms with E-state index in [1.165, 1.54) is 11.3 Å². The Kier molecular flexibility index (Phi) is 5.08. The van der Waals surface area contributed by atoms with Crippen molar-refractivity contribution in [3.05, 3.63) is 56.4 Å². The predicted molar refractivity (Wildman–Crippen MR) is 104 cm³/mol. The van der Waals surface area contributed by atoms with Gasteiger partial charge in [-0.3, -0.25) is 4.79 Å². The zero-order chi connectivity index (χ0) is 18.8. The highest BCUT2D eigenvalue weighted by Gasteiger charge is 2.21. The fraction of sp³-hybridized carbons (Fsp3) is 0.316. The zero-order valence-corrected chi connectivity index (χ0v) is 16.0. The van der Waals surface area contributed by atoms with Crippen molar-refractivity contribution in [2.24, 2.45) is 0 Å². The van der Waals surface area contributed by atoms with Crippen LogP contribution in [0.5, 0.6) is 0 Å². The number of anilines is 1. The molecule has 2 heterocycles. The van der Waals surface area contributed by atoms with E-state index < -0.39 is 5.97 Å². The average molecular weight is 371 g/mol. The van der Waals surface area contributed by atoms with E-state index in [-0.39, 0.29) is 11.6 Å². The van der Waals surface area contributed by atoms with Gasteiger partial charge >= 0.3 is 5.97 Å². The second kappa shape index (κ2) is 7.29. The van der Waals surface area contributed by atoms with Gasteiger partial charge in [0.05, 0.1) is 18.0 Å². The van der Waals surface area contributed by atoms with Crippen LogP contribution in [0.15, 0.2) is 29.1 Å². The first-order valence-corrected chi connectivity index (χ1v) is 9.26. The van der Waals surface area contributed by atoms with Crippen molar-refractivity contribution in [1.29, 1.82) is 0 Å². The van der Waals surface area contributed by atoms with Gasteiger partial charge in [-0.25, -0.2) is 9.78 Å². The predicted octanol–water partition coefficient (Wildman–Crippen LogP) is 3.95. The van der Waals surface area contributed by atoms with Gasteiger partial charge in [-0.1, -0.05) is 12.1 Å². The molecule has 0 saturated heterocycles. The van der Waals surface area contributed by atoms with Gasteiger partial charge < -0.3 is 15.0 Å². The SMILES string of the molecule is CCOC(=O)c1sc2nc([C@H](C)Nc3cccc(C)c3)[nH]c(=O)c2c1C. The van der Waals surface area contributed by atoms with Gasteiger partial charge in [0.1, 0.15) is 15.5 Å². The largest absolute Gasteiger partial charge is 0.462 e. The lowest BCUT2D eigenvalue weighted by Gasteiger charge is -2.14. The van der Waals surface area contributed by atoms with Gasteiger partial charge in [-0.2, -0.15) is 0 Å². The fourth-order valence-electron chi connectivity index (χ4n) is 2.81. The molecule has 3 rings (SSSR count). The van der Waals surface area contributed by atoms with Crippen molar-refractivity contribution in [3.63, 3.8) is 0 Å². The highest BCUT2D eigenvalue weighted by molar-refractivity contribution is 7.20. The third-order valence-corrected chi connectivity index (χ3v) is 5.26. The summed E-state index contributed by atoms with van der Waals surface area (Å²) >= 11 is 1.19. The van der Waals surface area contributed by atoms with Crippen LogP contribution in [0.25, 0.3) is 10.2 Å². The summed E-state index contributed by atoms with van der Waals surface area (Å²) in [4.78, 5) is 33.0. The molecule has 3 aromatic rings. The number of carbonyl (C=O) groups excluding carboxylic acids is 1. The molecule has 0 fully saturated rings. The van der Waals surface area contributed by atoms with Crippen molar-refractivity contribution >= 4 is 33.2 Å². The van der Waals surface area contributed by atoms with E-state index in [0.29, 0.717) is 33.1 Å². The number of H-pyrrole nitrogens is 1. The highest BCUT2D eigenvalue weighted by atomic mass is 32.1. The fourth-order valence-corrected chi connectivity index (χ4v) is 3.89. The maximum Gasteiger partial charge on any atom is 0.348 e. The van der Waals surface area contributed by atoms with E-state index in [0.717, 1.165) is 11.3 Å². The van der Waals surface area contributed by atoms with Crippen LogP contribution in [0.4, 0.5) is 5.69 Å². The molecule has 0 amide bonds. The number of fused-ring (bicyclic) bond motifs is 1. The number of ether oxygens (including phenoxy) is 1. The minimum Gasteiger partial charge on any atom is -0.462 e. The molecule has 0 aliphatic heterocycles. The van der Waals surface area contributed by atoms with Crippen LogP contribution in [0, 0.1) is 13.8 Å². The van der Waals surface area contributed by atoms with E-state index in [4.69, 9.17) is 4.74 Å². The van der Waals surface area contributed by atoms with E-state index in [9.17, 15) is 9.59 Å². The van der Waals surface area contributed by atoms with E-state index >= 15 is 0 Å². The number of esters is 1. The molecule has 0 bridgehead atoms. The molecule has 0 aliphatic rings. The third kappa shape index (κ3) is 3.48. The maximum atomic E-state index is 12.6. The Hall–Kier alpha value is -2.67. The van der Waals surface area contributed by atoms with Crippen LogP contribution in [0.2, 0.25) is 0 Å². The topological polar surface area (TPSA) is 84.1 Å². The number of carbonyl (C=O) groups is 1. The van der Waals surface area contributed by atoms with Crippen molar-refractivity contribution < 1.29 is 9.53 Å². The van der Waals surface area contributed by atoms with Crippen LogP contribution < -0.4 is 10.9 Å². The Labute approximate surface area is 155 Å². The Bertz CT molecular complexity index is 1020. The van der Waals surface area contributed by atoms with Crippen molar-refractivity contribution in [1.82, 2.24) is 9.97 Å². The molecule has 0 spiro atoms. The molecule has 0 radical (unpaired) electrons. The minimum absolute atomic E-state index is 0.192. The molecule has 1 atom stereocenters. The van der Waals surface area contributed by atoms with Gasteiger partial charge in [0, 0.05) is 5.69 Å². The Morgan fingerprint density at radius 3 is 2.85 bits per heavy atom. The summed E-state index contributed by atoms with van der Waals surface area (Å²) in [6, 6.07) is 7.79. The van der Waals surface area contributed by atoms with E-state index in [2.05, 4.69) is 15.3 Å². The van der Waals surface area contributed by atoms with Crippen LogP contribution >= 0.6 is 11.3 Å². The summed E-state index contributed by atoms with van der Waals surface area (Å²) in [6.45, 7) is 7.74. The van der Waals surface area contributed by atoms with E-state index in [1.54, 1.807) is 13.8 Å². The van der Waals surface area contributed by atoms with Crippen LogP contribution in [0.1, 0.15) is 46.5 Å². The van der Waals surface area contributed by atoms with Gasteiger partial charge in [0.2, 0.25) is 0 Å². The number of aryl methyl sites for hydroxylation is 2. The van der Waals surface area contributed by atoms with Crippen molar-refractivity contribution in [2.75, 3.05) is 11.9 Å². The van der Waals surface area contributed by atoms with Gasteiger partial charge in [-0.05, 0) is 51.0 Å². The molecule has 7 heteroatoms. The molecule has 1 aromatic carbocycles. The molecule has 0 aliphatic carbocycles. The zero-order valence-electron chi connectivity index (χ0n) is 15.2. The lowest BCUT2D eigenvalue weighted by molar-refractivity contribution is 0.0531. The second-order valence-corrected chi connectivity index (χ2v) is 7.14. The number of benzene rings is 1. The number of nitrogens with zero attached hydrogens (tertiary/aromatic N) is 1. The van der Waals surface area contributed by atoms with Gasteiger partial charge in [-0.15, -0.1) is 11.3 Å². The van der Waals surface area contributed by atoms with Crippen molar-refractivity contribution in [3.8, 4) is 0 Å². The molecule has 2 aromatic heterocycles. The molecule has 0 saturated carbocycles. The standard InChI is InChI=1S/C19H21N3O3S/c1-5-25-19(24)15-11(3)14-17(23)21-16(22-18(14)26-15)12(4)20-13-8-6-7-10(2)9-13/h6-9,12,20H,5H2,1-4H3,(H,21,22,23)/t12-/m0/s1. The summed E-state index contributed by atoms with van der Waals surface area (Å²) in [5.41, 5.74) is 2.47. The summed E-state index contributed by atoms with van der Waals surface area (Å²) in [7, 11) is 0. The Balaban J connectivity index is 1.97. The number of thiophene rings is 1. The molecular formula is C19H21N3O3S. The number of aromatic amines is 1. The highest BCUT2D eigenvalue weighted by Crippen LogP contribution is 2.28. The van der Waals surface area contributed by atoms with Crippen molar-refractivity contribution in [2.45, 2.75) is 33.7 Å². The molecule has 26 heavy (non-hydrogen) atoms. The first-order chi connectivity index (χ1) is 12.4. The number of nitrogens with one attached hydrogen (secondary N) is 2. The van der Waals surface area contributed by atoms with Crippen LogP contribution in [0.3, 0.4) is 0 Å². The maximum absolute atomic E-state index is 12.6. The lowest BCUT2D eigenvalue weighted by atomic mass is 10.2. The first-order valence-electron chi connectivity index (χ1n) is 8.44. The van der Waals surface area contributed by atoms with E-state index in [1.807, 2.05) is 38.1 Å². The lowest BCUT2D eigenvalue weighted by Crippen LogP contribution is -2.17. The molecular weight excluding hydrogens is 350 g/mol. The molecule has 0 unspecified atom stereocenters. The summed E-state index contributed by atoms with van der Waals surface area (Å²) in [5, 5.41) is 3.78. The Morgan fingerprint density at radius 2 is 2.15 bits per heavy atom. The van der Waals surface area contributed by atoms with Gasteiger partial charge in [0.25, 0.3) is 5.56 Å². The van der Waals surface area contributed by atoms with Crippen LogP contribution in [-0.4, -0.2) is 22.5 Å². The monoisotopic (exact) mass is 371 g/mol. The smallest absolute Gasteiger partial charge is 0.348 e. The normalized spacial score (nSPS) is 12.2. The van der Waals surface area contributed by atoms with Gasteiger partial charge in [0.15, 0.2) is 0 Å². The Morgan fingerprint density at radius 1 is 1.38 bits per heavy atom. The molecule has 136 valence electrons. The number of aromatic nitrogens is 2. The molecule has 2 N–H and O–H groups in total. The number of rotatable bonds is 5. The summed E-state index contributed by atoms with van der Waals surface area (Å²) in [5.74, 6) is 0.112.